The summed E-state index contributed by atoms with van der Waals surface area (Å²) in [5.41, 5.74) is 1.92. The summed E-state index contributed by atoms with van der Waals surface area (Å²) in [5.74, 6) is 1.52. The maximum atomic E-state index is 5.11. The Hall–Kier alpha value is -1.99. The van der Waals surface area contributed by atoms with Gasteiger partial charge in [-0.05, 0) is 13.0 Å². The minimum Gasteiger partial charge on any atom is -0.378 e. The number of aromatic amines is 1. The number of ether oxygens (including phenoxy) is 1. The highest BCUT2D eigenvalue weighted by atomic mass is 32.1. The molecule has 98 valence electrons. The first-order valence-corrected chi connectivity index (χ1v) is 6.60. The Morgan fingerprint density at radius 1 is 1.47 bits per heavy atom. The van der Waals surface area contributed by atoms with Crippen LogP contribution in [0.4, 0.5) is 11.6 Å². The molecule has 3 aromatic rings. The third-order valence-electron chi connectivity index (χ3n) is 2.57. The molecular formula is C12H13N5OS. The number of aryl methyl sites for hydroxylation is 1. The maximum Gasteiger partial charge on any atom is 0.153 e. The number of hydrogen-bond donors (Lipinski definition) is 2. The molecule has 0 spiro atoms. The van der Waals surface area contributed by atoms with Gasteiger partial charge in [-0.3, -0.25) is 5.10 Å². The molecule has 0 aliphatic rings. The van der Waals surface area contributed by atoms with E-state index in [1.165, 1.54) is 0 Å². The van der Waals surface area contributed by atoms with Gasteiger partial charge in [-0.15, -0.1) is 11.3 Å². The number of fused-ring (bicyclic) bond motifs is 1. The Bertz CT molecular complexity index is 705. The minimum atomic E-state index is 0.514. The van der Waals surface area contributed by atoms with Gasteiger partial charge in [0.05, 0.1) is 16.8 Å². The molecule has 19 heavy (non-hydrogen) atoms. The molecule has 3 rings (SSSR count). The van der Waals surface area contributed by atoms with Gasteiger partial charge in [0.15, 0.2) is 11.6 Å². The molecule has 2 N–H and O–H groups in total. The monoisotopic (exact) mass is 275 g/mol. The molecule has 6 nitrogen and oxygen atoms in total. The number of anilines is 2. The summed E-state index contributed by atoms with van der Waals surface area (Å²) in [6.07, 6.45) is 1.74. The Labute approximate surface area is 113 Å². The third kappa shape index (κ3) is 2.42. The van der Waals surface area contributed by atoms with E-state index in [-0.39, 0.29) is 0 Å². The van der Waals surface area contributed by atoms with Crippen molar-refractivity contribution in [2.45, 2.75) is 13.5 Å². The zero-order valence-corrected chi connectivity index (χ0v) is 11.4. The predicted molar refractivity (Wildman–Crippen MR) is 74.7 cm³/mol. The number of H-pyrrole nitrogens is 1. The van der Waals surface area contributed by atoms with Crippen molar-refractivity contribution < 1.29 is 4.74 Å². The van der Waals surface area contributed by atoms with Gasteiger partial charge in [0.1, 0.15) is 5.01 Å². The van der Waals surface area contributed by atoms with E-state index in [1.807, 2.05) is 19.1 Å². The highest BCUT2D eigenvalue weighted by Crippen LogP contribution is 2.29. The van der Waals surface area contributed by atoms with Crippen molar-refractivity contribution in [2.75, 3.05) is 12.4 Å². The van der Waals surface area contributed by atoms with Gasteiger partial charge >= 0.3 is 0 Å². The van der Waals surface area contributed by atoms with Gasteiger partial charge in [-0.2, -0.15) is 5.10 Å². The van der Waals surface area contributed by atoms with Crippen LogP contribution in [0.25, 0.3) is 10.2 Å². The van der Waals surface area contributed by atoms with Crippen molar-refractivity contribution >= 4 is 33.2 Å². The molecule has 0 fully saturated rings. The van der Waals surface area contributed by atoms with Crippen molar-refractivity contribution in [1.82, 2.24) is 20.2 Å². The van der Waals surface area contributed by atoms with Crippen LogP contribution in [0.2, 0.25) is 0 Å². The highest BCUT2D eigenvalue weighted by molar-refractivity contribution is 7.19. The summed E-state index contributed by atoms with van der Waals surface area (Å²) in [7, 11) is 1.66. The molecule has 0 bridgehead atoms. The molecule has 3 heterocycles. The lowest BCUT2D eigenvalue weighted by Crippen LogP contribution is -1.93. The average Bonchev–Trinajstić information content (AvgIpc) is 2.96. The van der Waals surface area contributed by atoms with E-state index in [0.717, 1.165) is 32.6 Å². The van der Waals surface area contributed by atoms with Crippen LogP contribution >= 0.6 is 11.3 Å². The van der Waals surface area contributed by atoms with Gasteiger partial charge in [0, 0.05) is 25.1 Å². The molecule has 7 heteroatoms. The molecule has 0 saturated carbocycles. The zero-order valence-electron chi connectivity index (χ0n) is 10.6. The number of nitrogens with one attached hydrogen (secondary N) is 2. The molecule has 3 aromatic heterocycles. The Kier molecular flexibility index (Phi) is 3.14. The Morgan fingerprint density at radius 3 is 3.11 bits per heavy atom. The third-order valence-corrected chi connectivity index (χ3v) is 3.62. The smallest absolute Gasteiger partial charge is 0.153 e. The lowest BCUT2D eigenvalue weighted by molar-refractivity contribution is 0.184. The van der Waals surface area contributed by atoms with Crippen LogP contribution in [0, 0.1) is 6.92 Å². The lowest BCUT2D eigenvalue weighted by Gasteiger charge is -2.01. The molecule has 0 amide bonds. The van der Waals surface area contributed by atoms with Crippen molar-refractivity contribution in [3.8, 4) is 0 Å². The topological polar surface area (TPSA) is 75.7 Å². The van der Waals surface area contributed by atoms with Gasteiger partial charge in [0.2, 0.25) is 0 Å². The fraction of sp³-hybridized carbons (Fsp3) is 0.250. The van der Waals surface area contributed by atoms with E-state index in [0.29, 0.717) is 6.61 Å². The number of methoxy groups -OCH3 is 1. The first-order valence-electron chi connectivity index (χ1n) is 5.78. The predicted octanol–water partition coefficient (Wildman–Crippen LogP) is 2.61. The van der Waals surface area contributed by atoms with E-state index in [9.17, 15) is 0 Å². The largest absolute Gasteiger partial charge is 0.378 e. The number of aromatic nitrogens is 4. The van der Waals surface area contributed by atoms with Gasteiger partial charge in [-0.25, -0.2) is 9.97 Å². The summed E-state index contributed by atoms with van der Waals surface area (Å²) in [5, 5.41) is 11.2. The summed E-state index contributed by atoms with van der Waals surface area (Å²) in [6, 6.07) is 3.82. The fourth-order valence-electron chi connectivity index (χ4n) is 1.78. The van der Waals surface area contributed by atoms with Crippen molar-refractivity contribution in [3.05, 3.63) is 29.0 Å². The normalized spacial score (nSPS) is 11.1. The first kappa shape index (κ1) is 12.1. The fourth-order valence-corrected chi connectivity index (χ4v) is 2.75. The second-order valence-corrected chi connectivity index (χ2v) is 5.19. The molecule has 0 aliphatic heterocycles. The van der Waals surface area contributed by atoms with Gasteiger partial charge < -0.3 is 10.1 Å². The molecule has 0 radical (unpaired) electrons. The number of hydrogen-bond acceptors (Lipinski definition) is 6. The summed E-state index contributed by atoms with van der Waals surface area (Å²) < 4.78 is 6.12. The number of nitrogens with zero attached hydrogens (tertiary/aromatic N) is 3. The van der Waals surface area contributed by atoms with E-state index in [1.54, 1.807) is 24.6 Å². The summed E-state index contributed by atoms with van der Waals surface area (Å²) in [6.45, 7) is 2.47. The maximum absolute atomic E-state index is 5.11. The van der Waals surface area contributed by atoms with Crippen LogP contribution in [0.1, 0.15) is 10.7 Å². The van der Waals surface area contributed by atoms with Crippen LogP contribution < -0.4 is 5.32 Å². The zero-order chi connectivity index (χ0) is 13.2. The Balaban J connectivity index is 1.98. The molecule has 0 atom stereocenters. The second kappa shape index (κ2) is 4.94. The standard InChI is InChI=1S/C12H13N5OS/c1-7-5-9(17-16-7)15-12-11-8(3-4-13-12)14-10(19-11)6-18-2/h3-5H,6H2,1-2H3,(H2,13,15,16,17). The van der Waals surface area contributed by atoms with Crippen LogP contribution in [-0.2, 0) is 11.3 Å². The van der Waals surface area contributed by atoms with Crippen molar-refractivity contribution in [3.63, 3.8) is 0 Å². The van der Waals surface area contributed by atoms with Gasteiger partial charge in [-0.1, -0.05) is 0 Å². The molecular weight excluding hydrogens is 262 g/mol. The molecule has 0 aliphatic carbocycles. The van der Waals surface area contributed by atoms with E-state index >= 15 is 0 Å². The van der Waals surface area contributed by atoms with Crippen LogP contribution in [0.3, 0.4) is 0 Å². The van der Waals surface area contributed by atoms with Crippen molar-refractivity contribution in [1.29, 1.82) is 0 Å². The van der Waals surface area contributed by atoms with Gasteiger partial charge in [0.25, 0.3) is 0 Å². The van der Waals surface area contributed by atoms with E-state index in [2.05, 4.69) is 25.5 Å². The lowest BCUT2D eigenvalue weighted by atomic mass is 10.4. The molecule has 0 aromatic carbocycles. The quantitative estimate of drug-likeness (QED) is 0.765. The van der Waals surface area contributed by atoms with E-state index < -0.39 is 0 Å². The van der Waals surface area contributed by atoms with E-state index in [4.69, 9.17) is 4.74 Å². The summed E-state index contributed by atoms with van der Waals surface area (Å²) >= 11 is 1.58. The number of thiazole rings is 1. The molecule has 0 saturated heterocycles. The minimum absolute atomic E-state index is 0.514. The van der Waals surface area contributed by atoms with Crippen LogP contribution in [0.15, 0.2) is 18.3 Å². The Morgan fingerprint density at radius 2 is 2.37 bits per heavy atom. The number of pyridine rings is 1. The highest BCUT2D eigenvalue weighted by Gasteiger charge is 2.10. The number of rotatable bonds is 4. The summed E-state index contributed by atoms with van der Waals surface area (Å²) in [4.78, 5) is 8.84. The molecule has 0 unspecified atom stereocenters. The van der Waals surface area contributed by atoms with Crippen LogP contribution in [-0.4, -0.2) is 27.3 Å². The van der Waals surface area contributed by atoms with Crippen LogP contribution in [0.5, 0.6) is 0 Å². The average molecular weight is 275 g/mol. The SMILES string of the molecule is COCc1nc2ccnc(Nc3cc(C)[nH]n3)c2s1. The van der Waals surface area contributed by atoms with Crippen molar-refractivity contribution in [2.24, 2.45) is 0 Å². The first-order chi connectivity index (χ1) is 9.26. The second-order valence-electron chi connectivity index (χ2n) is 4.11.